The van der Waals surface area contributed by atoms with E-state index in [2.05, 4.69) is 19.1 Å². The maximum atomic E-state index is 5.86. The molecule has 0 spiro atoms. The molecule has 0 aromatic heterocycles. The van der Waals surface area contributed by atoms with Crippen LogP contribution in [0.25, 0.3) is 0 Å². The molecule has 1 nitrogen and oxygen atoms in total. The van der Waals surface area contributed by atoms with E-state index >= 15 is 0 Å². The Morgan fingerprint density at radius 1 is 0.842 bits per heavy atom. The van der Waals surface area contributed by atoms with Gasteiger partial charge < -0.3 is 4.74 Å². The molecule has 0 N–H and O–H groups in total. The average molecular weight is 283 g/mol. The van der Waals surface area contributed by atoms with Crippen molar-refractivity contribution in [2.75, 3.05) is 13.2 Å². The molecule has 0 unspecified atom stereocenters. The normalized spacial score (nSPS) is 10.8. The molecule has 0 saturated carbocycles. The first-order chi connectivity index (χ1) is 9.33. The molecule has 1 aromatic rings. The van der Waals surface area contributed by atoms with Gasteiger partial charge in [0.15, 0.2) is 0 Å². The Bertz CT molecular complexity index is 308. The predicted molar refractivity (Wildman–Crippen MR) is 84.0 cm³/mol. The van der Waals surface area contributed by atoms with Gasteiger partial charge in [0.25, 0.3) is 0 Å². The highest BCUT2D eigenvalue weighted by Gasteiger charge is 1.95. The van der Waals surface area contributed by atoms with Gasteiger partial charge in [-0.1, -0.05) is 56.3 Å². The minimum atomic E-state index is 0.815. The fraction of sp³-hybridized carbons (Fsp3) is 0.647. The van der Waals surface area contributed by atoms with Gasteiger partial charge in [0.05, 0.1) is 0 Å². The van der Waals surface area contributed by atoms with Crippen molar-refractivity contribution < 1.29 is 4.74 Å². The summed E-state index contributed by atoms with van der Waals surface area (Å²) < 4.78 is 5.65. The van der Waals surface area contributed by atoms with Crippen LogP contribution in [0.15, 0.2) is 24.3 Å². The van der Waals surface area contributed by atoms with Crippen molar-refractivity contribution >= 4 is 11.6 Å². The van der Waals surface area contributed by atoms with Crippen LogP contribution in [-0.4, -0.2) is 13.2 Å². The SMILES string of the molecule is CCCCCCCOCCCCc1ccc(Cl)cc1. The van der Waals surface area contributed by atoms with Gasteiger partial charge in [-0.25, -0.2) is 0 Å². The summed E-state index contributed by atoms with van der Waals surface area (Å²) in [6, 6.07) is 8.14. The van der Waals surface area contributed by atoms with Gasteiger partial charge in [-0.3, -0.25) is 0 Å². The molecule has 0 saturated heterocycles. The third kappa shape index (κ3) is 9.07. The predicted octanol–water partition coefficient (Wildman–Crippen LogP) is 5.65. The smallest absolute Gasteiger partial charge is 0.0466 e. The average Bonchev–Trinajstić information content (AvgIpc) is 2.43. The van der Waals surface area contributed by atoms with Crippen LogP contribution in [0.2, 0.25) is 5.02 Å². The first-order valence-electron chi connectivity index (χ1n) is 7.65. The Labute approximate surface area is 123 Å². The number of halogens is 1. The number of ether oxygens (including phenoxy) is 1. The fourth-order valence-corrected chi connectivity index (χ4v) is 2.22. The van der Waals surface area contributed by atoms with Crippen LogP contribution < -0.4 is 0 Å². The fourth-order valence-electron chi connectivity index (χ4n) is 2.09. The van der Waals surface area contributed by atoms with Crippen LogP contribution in [0.1, 0.15) is 57.4 Å². The minimum absolute atomic E-state index is 0.815. The van der Waals surface area contributed by atoms with Gasteiger partial charge in [0.2, 0.25) is 0 Å². The number of rotatable bonds is 11. The van der Waals surface area contributed by atoms with Crippen molar-refractivity contribution in [1.82, 2.24) is 0 Å². The molecule has 0 aliphatic heterocycles. The van der Waals surface area contributed by atoms with E-state index in [1.54, 1.807) is 0 Å². The van der Waals surface area contributed by atoms with Gasteiger partial charge in [-0.05, 0) is 43.4 Å². The van der Waals surface area contributed by atoms with Crippen LogP contribution in [0.4, 0.5) is 0 Å². The molecule has 0 aliphatic carbocycles. The number of benzene rings is 1. The maximum absolute atomic E-state index is 5.86. The highest BCUT2D eigenvalue weighted by Crippen LogP contribution is 2.11. The summed E-state index contributed by atoms with van der Waals surface area (Å²) in [5.74, 6) is 0. The molecule has 0 heterocycles. The van der Waals surface area contributed by atoms with Crippen LogP contribution in [0, 0.1) is 0 Å². The summed E-state index contributed by atoms with van der Waals surface area (Å²) >= 11 is 5.86. The molecule has 0 radical (unpaired) electrons. The second-order valence-electron chi connectivity index (χ2n) is 5.11. The van der Waals surface area contributed by atoms with E-state index in [1.807, 2.05) is 12.1 Å². The lowest BCUT2D eigenvalue weighted by Crippen LogP contribution is -1.98. The third-order valence-electron chi connectivity index (χ3n) is 3.31. The highest BCUT2D eigenvalue weighted by atomic mass is 35.5. The summed E-state index contributed by atoms with van der Waals surface area (Å²) in [5, 5.41) is 0.815. The molecule has 0 amide bonds. The quantitative estimate of drug-likeness (QED) is 0.477. The van der Waals surface area contributed by atoms with E-state index in [4.69, 9.17) is 16.3 Å². The van der Waals surface area contributed by atoms with E-state index in [1.165, 1.54) is 44.1 Å². The summed E-state index contributed by atoms with van der Waals surface area (Å²) in [5.41, 5.74) is 1.36. The van der Waals surface area contributed by atoms with Crippen LogP contribution >= 0.6 is 11.6 Å². The summed E-state index contributed by atoms with van der Waals surface area (Å²) in [7, 11) is 0. The molecule has 19 heavy (non-hydrogen) atoms. The first-order valence-corrected chi connectivity index (χ1v) is 8.03. The Balaban J connectivity index is 1.87. The first kappa shape index (κ1) is 16.5. The Morgan fingerprint density at radius 3 is 2.16 bits per heavy atom. The highest BCUT2D eigenvalue weighted by molar-refractivity contribution is 6.30. The zero-order valence-corrected chi connectivity index (χ0v) is 12.9. The number of hydrogen-bond donors (Lipinski definition) is 0. The molecule has 2 heteroatoms. The second-order valence-corrected chi connectivity index (χ2v) is 5.55. The van der Waals surface area contributed by atoms with Crippen molar-refractivity contribution in [3.05, 3.63) is 34.9 Å². The van der Waals surface area contributed by atoms with Gasteiger partial charge in [-0.15, -0.1) is 0 Å². The Kier molecular flexibility index (Phi) is 9.84. The second kappa shape index (κ2) is 11.3. The number of unbranched alkanes of at least 4 members (excludes halogenated alkanes) is 5. The van der Waals surface area contributed by atoms with Crippen molar-refractivity contribution in [1.29, 1.82) is 0 Å². The van der Waals surface area contributed by atoms with Crippen molar-refractivity contribution in [3.63, 3.8) is 0 Å². The standard InChI is InChI=1S/C17H27ClO/c1-2-3-4-5-7-14-19-15-8-6-9-16-10-12-17(18)13-11-16/h10-13H,2-9,14-15H2,1H3. The van der Waals surface area contributed by atoms with Crippen LogP contribution in [0.5, 0.6) is 0 Å². The molecule has 0 aliphatic rings. The summed E-state index contributed by atoms with van der Waals surface area (Å²) in [6.45, 7) is 4.09. The summed E-state index contributed by atoms with van der Waals surface area (Å²) in [4.78, 5) is 0. The lowest BCUT2D eigenvalue weighted by molar-refractivity contribution is 0.126. The molecule has 108 valence electrons. The number of hydrogen-bond acceptors (Lipinski definition) is 1. The van der Waals surface area contributed by atoms with Crippen LogP contribution in [-0.2, 0) is 11.2 Å². The van der Waals surface area contributed by atoms with Gasteiger partial charge in [0.1, 0.15) is 0 Å². The maximum Gasteiger partial charge on any atom is 0.0466 e. The Hall–Kier alpha value is -0.530. The van der Waals surface area contributed by atoms with E-state index < -0.39 is 0 Å². The third-order valence-corrected chi connectivity index (χ3v) is 3.56. The van der Waals surface area contributed by atoms with Gasteiger partial charge in [-0.2, -0.15) is 0 Å². The molecule has 0 bridgehead atoms. The monoisotopic (exact) mass is 282 g/mol. The van der Waals surface area contributed by atoms with Crippen molar-refractivity contribution in [2.45, 2.75) is 58.3 Å². The van der Waals surface area contributed by atoms with Gasteiger partial charge >= 0.3 is 0 Å². The Morgan fingerprint density at radius 2 is 1.47 bits per heavy atom. The molecule has 1 aromatic carbocycles. The lowest BCUT2D eigenvalue weighted by atomic mass is 10.1. The van der Waals surface area contributed by atoms with Gasteiger partial charge in [0, 0.05) is 18.2 Å². The van der Waals surface area contributed by atoms with Crippen molar-refractivity contribution in [3.8, 4) is 0 Å². The molecule has 0 atom stereocenters. The molecule has 1 rings (SSSR count). The van der Waals surface area contributed by atoms with Crippen LogP contribution in [0.3, 0.4) is 0 Å². The zero-order valence-electron chi connectivity index (χ0n) is 12.2. The molecular weight excluding hydrogens is 256 g/mol. The number of aryl methyl sites for hydroxylation is 1. The lowest BCUT2D eigenvalue weighted by Gasteiger charge is -2.05. The van der Waals surface area contributed by atoms with Crippen molar-refractivity contribution in [2.24, 2.45) is 0 Å². The van der Waals surface area contributed by atoms with E-state index in [0.29, 0.717) is 0 Å². The minimum Gasteiger partial charge on any atom is -0.381 e. The van der Waals surface area contributed by atoms with E-state index in [9.17, 15) is 0 Å². The largest absolute Gasteiger partial charge is 0.381 e. The van der Waals surface area contributed by atoms with E-state index in [0.717, 1.165) is 31.1 Å². The van der Waals surface area contributed by atoms with E-state index in [-0.39, 0.29) is 0 Å². The molecule has 0 fully saturated rings. The zero-order chi connectivity index (χ0) is 13.8. The molecular formula is C17H27ClO. The topological polar surface area (TPSA) is 9.23 Å². The summed E-state index contributed by atoms with van der Waals surface area (Å²) in [6.07, 6.45) is 10.0.